The van der Waals surface area contributed by atoms with Gasteiger partial charge in [0.2, 0.25) is 0 Å². The molecule has 1 unspecified atom stereocenters. The van der Waals surface area contributed by atoms with Crippen LogP contribution in [0.5, 0.6) is 0 Å². The minimum atomic E-state index is -0.552. The Bertz CT molecular complexity index is 924. The fourth-order valence-corrected chi connectivity index (χ4v) is 5.22. The average molecular weight is 418 g/mol. The molecule has 0 aromatic carbocycles. The molecule has 1 saturated carbocycles. The Labute approximate surface area is 174 Å². The maximum absolute atomic E-state index is 12.8. The lowest BCUT2D eigenvalue weighted by molar-refractivity contribution is 0.0922. The number of hydrogen-bond donors (Lipinski definition) is 1. The molecule has 8 heteroatoms. The van der Waals surface area contributed by atoms with Crippen LogP contribution in [0.4, 0.5) is 0 Å². The summed E-state index contributed by atoms with van der Waals surface area (Å²) in [5, 5.41) is 4.57. The predicted molar refractivity (Wildman–Crippen MR) is 110 cm³/mol. The second-order valence-corrected chi connectivity index (χ2v) is 9.21. The van der Waals surface area contributed by atoms with E-state index in [-0.39, 0.29) is 23.4 Å². The Morgan fingerprint density at radius 3 is 2.69 bits per heavy atom. The number of imidazole rings is 1. The number of aromatic nitrogens is 2. The first kappa shape index (κ1) is 20.2. The van der Waals surface area contributed by atoms with Crippen LogP contribution in [0.3, 0.4) is 0 Å². The maximum atomic E-state index is 12.8. The third kappa shape index (κ3) is 4.59. The first-order valence-electron chi connectivity index (χ1n) is 10.2. The standard InChI is InChI=1S/C21H27N3O4S/c1-13-11-17(14-7-10-27-12-14)28-20(26)18(13)19(25)23-15-3-5-16(6-4-15)29-21-22-8-9-24(21)2/h8-9,11,14-16H,3-7,10,12H2,1-2H3,(H,23,25). The number of hydrogen-bond acceptors (Lipinski definition) is 6. The van der Waals surface area contributed by atoms with E-state index in [1.54, 1.807) is 18.7 Å². The van der Waals surface area contributed by atoms with Crippen LogP contribution >= 0.6 is 11.8 Å². The van der Waals surface area contributed by atoms with Crippen LogP contribution in [0.1, 0.15) is 59.7 Å². The molecule has 1 N–H and O–H groups in total. The Kier molecular flexibility index (Phi) is 6.10. The van der Waals surface area contributed by atoms with Crippen LogP contribution in [0.15, 0.2) is 32.8 Å². The van der Waals surface area contributed by atoms with E-state index in [2.05, 4.69) is 10.3 Å². The quantitative estimate of drug-likeness (QED) is 0.805. The maximum Gasteiger partial charge on any atom is 0.349 e. The van der Waals surface area contributed by atoms with Crippen molar-refractivity contribution in [3.05, 3.63) is 45.8 Å². The molecule has 1 aliphatic carbocycles. The third-order valence-electron chi connectivity index (χ3n) is 5.79. The second kappa shape index (κ2) is 8.75. The van der Waals surface area contributed by atoms with E-state index in [1.807, 2.05) is 30.1 Å². The summed E-state index contributed by atoms with van der Waals surface area (Å²) in [4.78, 5) is 29.6. The number of aryl methyl sites for hydroxylation is 2. The van der Waals surface area contributed by atoms with Gasteiger partial charge in [-0.1, -0.05) is 11.8 Å². The Morgan fingerprint density at radius 1 is 1.28 bits per heavy atom. The molecule has 0 radical (unpaired) electrons. The van der Waals surface area contributed by atoms with Crippen molar-refractivity contribution in [2.45, 2.75) is 61.4 Å². The Morgan fingerprint density at radius 2 is 2.07 bits per heavy atom. The highest BCUT2D eigenvalue weighted by Gasteiger charge is 2.27. The summed E-state index contributed by atoms with van der Waals surface area (Å²) < 4.78 is 12.9. The summed E-state index contributed by atoms with van der Waals surface area (Å²) >= 11 is 1.80. The zero-order valence-electron chi connectivity index (χ0n) is 16.8. The smallest absolute Gasteiger partial charge is 0.349 e. The van der Waals surface area contributed by atoms with E-state index in [0.717, 1.165) is 37.3 Å². The summed E-state index contributed by atoms with van der Waals surface area (Å²) in [7, 11) is 2.00. The normalized spacial score (nSPS) is 24.6. The van der Waals surface area contributed by atoms with Gasteiger partial charge in [0.05, 0.1) is 6.61 Å². The molecule has 2 aromatic heterocycles. The zero-order chi connectivity index (χ0) is 20.4. The summed E-state index contributed by atoms with van der Waals surface area (Å²) in [6.45, 7) is 3.04. The van der Waals surface area contributed by atoms with Gasteiger partial charge in [0.1, 0.15) is 11.3 Å². The average Bonchev–Trinajstić information content (AvgIpc) is 3.35. The van der Waals surface area contributed by atoms with Gasteiger partial charge >= 0.3 is 5.63 Å². The number of carbonyl (C=O) groups is 1. The van der Waals surface area contributed by atoms with Gasteiger partial charge in [-0.15, -0.1) is 0 Å². The molecule has 29 heavy (non-hydrogen) atoms. The molecule has 0 bridgehead atoms. The molecular formula is C21H27N3O4S. The Balaban J connectivity index is 1.35. The van der Waals surface area contributed by atoms with Crippen LogP contribution in [0.2, 0.25) is 0 Å². The molecule has 3 heterocycles. The third-order valence-corrected chi connectivity index (χ3v) is 7.19. The van der Waals surface area contributed by atoms with Crippen molar-refractivity contribution >= 4 is 17.7 Å². The summed E-state index contributed by atoms with van der Waals surface area (Å²) in [5.41, 5.74) is 0.236. The minimum Gasteiger partial charge on any atom is -0.427 e. The highest BCUT2D eigenvalue weighted by Crippen LogP contribution is 2.33. The molecule has 1 amide bonds. The molecule has 2 fully saturated rings. The van der Waals surface area contributed by atoms with Gasteiger partial charge in [-0.05, 0) is 50.7 Å². The number of amides is 1. The topological polar surface area (TPSA) is 86.4 Å². The molecule has 0 spiro atoms. The summed E-state index contributed by atoms with van der Waals surface area (Å²) in [5.74, 6) is 0.393. The van der Waals surface area contributed by atoms with Crippen molar-refractivity contribution < 1.29 is 13.9 Å². The predicted octanol–water partition coefficient (Wildman–Crippen LogP) is 3.02. The van der Waals surface area contributed by atoms with Crippen molar-refractivity contribution in [3.8, 4) is 0 Å². The summed E-state index contributed by atoms with van der Waals surface area (Å²) in [6, 6.07) is 1.90. The van der Waals surface area contributed by atoms with Crippen molar-refractivity contribution in [2.24, 2.45) is 7.05 Å². The fraction of sp³-hybridized carbons (Fsp3) is 0.571. The van der Waals surface area contributed by atoms with E-state index in [4.69, 9.17) is 9.15 Å². The molecule has 1 atom stereocenters. The summed E-state index contributed by atoms with van der Waals surface area (Å²) in [6.07, 6.45) is 8.42. The van der Waals surface area contributed by atoms with Gasteiger partial charge in [-0.25, -0.2) is 9.78 Å². The lowest BCUT2D eigenvalue weighted by Gasteiger charge is -2.28. The molecule has 1 aliphatic heterocycles. The van der Waals surface area contributed by atoms with E-state index in [9.17, 15) is 9.59 Å². The highest BCUT2D eigenvalue weighted by atomic mass is 32.2. The van der Waals surface area contributed by atoms with Crippen LogP contribution in [0, 0.1) is 6.92 Å². The van der Waals surface area contributed by atoms with Crippen LogP contribution in [-0.2, 0) is 11.8 Å². The van der Waals surface area contributed by atoms with Gasteiger partial charge in [0, 0.05) is 43.3 Å². The highest BCUT2D eigenvalue weighted by molar-refractivity contribution is 7.99. The van der Waals surface area contributed by atoms with Gasteiger partial charge in [-0.3, -0.25) is 4.79 Å². The first-order chi connectivity index (χ1) is 14.0. The number of thioether (sulfide) groups is 1. The van der Waals surface area contributed by atoms with Gasteiger partial charge in [-0.2, -0.15) is 0 Å². The van der Waals surface area contributed by atoms with Gasteiger partial charge < -0.3 is 19.0 Å². The molecular weight excluding hydrogens is 390 g/mol. The number of nitrogens with one attached hydrogen (secondary N) is 1. The van der Waals surface area contributed by atoms with Gasteiger partial charge in [0.25, 0.3) is 5.91 Å². The van der Waals surface area contributed by atoms with Gasteiger partial charge in [0.15, 0.2) is 5.16 Å². The monoisotopic (exact) mass is 417 g/mol. The number of carbonyl (C=O) groups excluding carboxylic acids is 1. The SMILES string of the molecule is Cc1cc(C2CCOC2)oc(=O)c1C(=O)NC1CCC(Sc2nccn2C)CC1. The van der Waals surface area contributed by atoms with Crippen LogP contribution in [-0.4, -0.2) is 40.0 Å². The van der Waals surface area contributed by atoms with Crippen LogP contribution < -0.4 is 10.9 Å². The Hall–Kier alpha value is -2.06. The number of nitrogens with zero attached hydrogens (tertiary/aromatic N) is 2. The van der Waals surface area contributed by atoms with Crippen molar-refractivity contribution in [2.75, 3.05) is 13.2 Å². The minimum absolute atomic E-state index is 0.0856. The second-order valence-electron chi connectivity index (χ2n) is 7.94. The number of ether oxygens (including phenoxy) is 1. The number of rotatable bonds is 5. The van der Waals surface area contributed by atoms with Crippen LogP contribution in [0.25, 0.3) is 0 Å². The molecule has 4 rings (SSSR count). The first-order valence-corrected chi connectivity index (χ1v) is 11.1. The molecule has 1 saturated heterocycles. The molecule has 156 valence electrons. The van der Waals surface area contributed by atoms with E-state index >= 15 is 0 Å². The fourth-order valence-electron chi connectivity index (χ4n) is 4.06. The van der Waals surface area contributed by atoms with E-state index in [1.165, 1.54) is 0 Å². The molecule has 7 nitrogen and oxygen atoms in total. The van der Waals surface area contributed by atoms with E-state index in [0.29, 0.717) is 29.8 Å². The molecule has 2 aliphatic rings. The lowest BCUT2D eigenvalue weighted by Crippen LogP contribution is -2.40. The lowest BCUT2D eigenvalue weighted by atomic mass is 9.94. The van der Waals surface area contributed by atoms with E-state index < -0.39 is 5.63 Å². The van der Waals surface area contributed by atoms with Crippen molar-refractivity contribution in [3.63, 3.8) is 0 Å². The van der Waals surface area contributed by atoms with Crippen molar-refractivity contribution in [1.82, 2.24) is 14.9 Å². The molecule has 2 aromatic rings. The zero-order valence-corrected chi connectivity index (χ0v) is 17.7. The largest absolute Gasteiger partial charge is 0.427 e. The van der Waals surface area contributed by atoms with Crippen molar-refractivity contribution in [1.29, 1.82) is 0 Å².